The molecule has 1 aliphatic rings. The summed E-state index contributed by atoms with van der Waals surface area (Å²) < 4.78 is 0. The van der Waals surface area contributed by atoms with Crippen molar-refractivity contribution in [3.63, 3.8) is 0 Å². The Kier molecular flexibility index (Phi) is 3.87. The van der Waals surface area contributed by atoms with Gasteiger partial charge in [-0.1, -0.05) is 67.2 Å². The van der Waals surface area contributed by atoms with Gasteiger partial charge in [-0.3, -0.25) is 4.79 Å². The van der Waals surface area contributed by atoms with Gasteiger partial charge >= 0.3 is 0 Å². The Balaban J connectivity index is 1.78. The van der Waals surface area contributed by atoms with Gasteiger partial charge in [0.15, 0.2) is 0 Å². The van der Waals surface area contributed by atoms with Crippen molar-refractivity contribution in [3.8, 4) is 0 Å². The molecule has 0 aromatic heterocycles. The normalized spacial score (nSPS) is 18.3. The molecular weight excluding hydrogens is 258 g/mol. The van der Waals surface area contributed by atoms with E-state index >= 15 is 0 Å². The lowest BCUT2D eigenvalue weighted by molar-refractivity contribution is -0.126. The molecule has 1 fully saturated rings. The van der Waals surface area contributed by atoms with E-state index in [9.17, 15) is 4.79 Å². The SMILES string of the molecule is C=C1CC(Cc2ccccc2)N(Cc2ccccc2)C1=O. The highest BCUT2D eigenvalue weighted by Gasteiger charge is 2.33. The predicted octanol–water partition coefficient (Wildman–Crippen LogP) is 3.59. The Morgan fingerprint density at radius 2 is 1.52 bits per heavy atom. The Bertz CT molecular complexity index is 633. The van der Waals surface area contributed by atoms with E-state index in [4.69, 9.17) is 0 Å². The third-order valence-corrected chi connectivity index (χ3v) is 4.00. The van der Waals surface area contributed by atoms with E-state index in [1.807, 2.05) is 41.3 Å². The Morgan fingerprint density at radius 3 is 2.14 bits per heavy atom. The zero-order chi connectivity index (χ0) is 14.7. The van der Waals surface area contributed by atoms with Gasteiger partial charge in [0.1, 0.15) is 0 Å². The van der Waals surface area contributed by atoms with Gasteiger partial charge in [0, 0.05) is 18.2 Å². The summed E-state index contributed by atoms with van der Waals surface area (Å²) in [6, 6.07) is 20.7. The summed E-state index contributed by atoms with van der Waals surface area (Å²) in [5.41, 5.74) is 3.16. The summed E-state index contributed by atoms with van der Waals surface area (Å²) in [7, 11) is 0. The molecule has 21 heavy (non-hydrogen) atoms. The van der Waals surface area contributed by atoms with E-state index in [1.165, 1.54) is 11.1 Å². The minimum atomic E-state index is 0.0970. The highest BCUT2D eigenvalue weighted by molar-refractivity contribution is 5.95. The summed E-state index contributed by atoms with van der Waals surface area (Å²) in [5.74, 6) is 0.0970. The zero-order valence-electron chi connectivity index (χ0n) is 12.0. The van der Waals surface area contributed by atoms with E-state index in [0.29, 0.717) is 6.54 Å². The van der Waals surface area contributed by atoms with Crippen molar-refractivity contribution in [1.29, 1.82) is 0 Å². The fraction of sp³-hybridized carbons (Fsp3) is 0.211. The van der Waals surface area contributed by atoms with Gasteiger partial charge in [-0.25, -0.2) is 0 Å². The van der Waals surface area contributed by atoms with Crippen molar-refractivity contribution < 1.29 is 4.79 Å². The van der Waals surface area contributed by atoms with Gasteiger partial charge < -0.3 is 4.90 Å². The van der Waals surface area contributed by atoms with Crippen molar-refractivity contribution in [2.45, 2.75) is 25.4 Å². The topological polar surface area (TPSA) is 20.3 Å². The number of carbonyl (C=O) groups is 1. The maximum absolute atomic E-state index is 12.3. The first-order chi connectivity index (χ1) is 10.2. The first-order valence-electron chi connectivity index (χ1n) is 7.30. The van der Waals surface area contributed by atoms with Gasteiger partial charge in [0.2, 0.25) is 5.91 Å². The highest BCUT2D eigenvalue weighted by atomic mass is 16.2. The molecule has 0 aliphatic carbocycles. The number of amides is 1. The largest absolute Gasteiger partial charge is 0.331 e. The summed E-state index contributed by atoms with van der Waals surface area (Å²) in [4.78, 5) is 14.3. The van der Waals surface area contributed by atoms with Crippen LogP contribution in [0, 0.1) is 0 Å². The van der Waals surface area contributed by atoms with Crippen molar-refractivity contribution in [2.24, 2.45) is 0 Å². The van der Waals surface area contributed by atoms with Gasteiger partial charge in [0.25, 0.3) is 0 Å². The molecular formula is C19H19NO. The van der Waals surface area contributed by atoms with Crippen LogP contribution >= 0.6 is 0 Å². The molecule has 1 aliphatic heterocycles. The monoisotopic (exact) mass is 277 g/mol. The number of carbonyl (C=O) groups excluding carboxylic acids is 1. The number of likely N-dealkylation sites (tertiary alicyclic amines) is 1. The van der Waals surface area contributed by atoms with Crippen LogP contribution in [-0.4, -0.2) is 16.8 Å². The van der Waals surface area contributed by atoms with Crippen LogP contribution < -0.4 is 0 Å². The van der Waals surface area contributed by atoms with Gasteiger partial charge in [-0.15, -0.1) is 0 Å². The smallest absolute Gasteiger partial charge is 0.249 e. The number of hydrogen-bond acceptors (Lipinski definition) is 1. The molecule has 1 heterocycles. The Hall–Kier alpha value is -2.35. The molecule has 1 atom stereocenters. The molecule has 0 bridgehead atoms. The Labute approximate surface area is 125 Å². The number of hydrogen-bond donors (Lipinski definition) is 0. The Morgan fingerprint density at radius 1 is 0.952 bits per heavy atom. The summed E-state index contributed by atoms with van der Waals surface area (Å²) in [6.07, 6.45) is 1.65. The number of nitrogens with zero attached hydrogens (tertiary/aromatic N) is 1. The van der Waals surface area contributed by atoms with Crippen LogP contribution in [0.4, 0.5) is 0 Å². The molecule has 0 spiro atoms. The fourth-order valence-electron chi connectivity index (χ4n) is 2.90. The summed E-state index contributed by atoms with van der Waals surface area (Å²) >= 11 is 0. The van der Waals surface area contributed by atoms with Gasteiger partial charge in [0.05, 0.1) is 0 Å². The van der Waals surface area contributed by atoms with E-state index < -0.39 is 0 Å². The number of benzene rings is 2. The van der Waals surface area contributed by atoms with Gasteiger partial charge in [-0.05, 0) is 24.0 Å². The second-order valence-corrected chi connectivity index (χ2v) is 5.57. The van der Waals surface area contributed by atoms with E-state index in [0.717, 1.165) is 18.4 Å². The van der Waals surface area contributed by atoms with E-state index in [1.54, 1.807) is 0 Å². The van der Waals surface area contributed by atoms with Crippen LogP contribution in [0.2, 0.25) is 0 Å². The molecule has 2 nitrogen and oxygen atoms in total. The van der Waals surface area contributed by atoms with Crippen LogP contribution in [0.5, 0.6) is 0 Å². The zero-order valence-corrected chi connectivity index (χ0v) is 12.0. The second-order valence-electron chi connectivity index (χ2n) is 5.57. The molecule has 3 rings (SSSR count). The maximum atomic E-state index is 12.3. The second kappa shape index (κ2) is 5.96. The van der Waals surface area contributed by atoms with E-state index in [-0.39, 0.29) is 11.9 Å². The predicted molar refractivity (Wildman–Crippen MR) is 84.7 cm³/mol. The van der Waals surface area contributed by atoms with E-state index in [2.05, 4.69) is 30.8 Å². The number of rotatable bonds is 4. The lowest BCUT2D eigenvalue weighted by atomic mass is 10.0. The third-order valence-electron chi connectivity index (χ3n) is 4.00. The van der Waals surface area contributed by atoms with Crippen LogP contribution in [0.25, 0.3) is 0 Å². The van der Waals surface area contributed by atoms with Crippen LogP contribution in [0.1, 0.15) is 17.5 Å². The average Bonchev–Trinajstić information content (AvgIpc) is 2.77. The average molecular weight is 277 g/mol. The van der Waals surface area contributed by atoms with Crippen LogP contribution in [0.15, 0.2) is 72.8 Å². The molecule has 2 heteroatoms. The minimum absolute atomic E-state index is 0.0970. The molecule has 1 unspecified atom stereocenters. The molecule has 2 aromatic carbocycles. The molecule has 0 radical (unpaired) electrons. The molecule has 0 N–H and O–H groups in total. The lowest BCUT2D eigenvalue weighted by Gasteiger charge is -2.24. The molecule has 106 valence electrons. The standard InChI is InChI=1S/C19H19NO/c1-15-12-18(13-16-8-4-2-5-9-16)20(19(15)21)14-17-10-6-3-7-11-17/h2-11,18H,1,12-14H2. The van der Waals surface area contributed by atoms with Crippen LogP contribution in [0.3, 0.4) is 0 Å². The third kappa shape index (κ3) is 3.05. The molecule has 2 aromatic rings. The summed E-state index contributed by atoms with van der Waals surface area (Å²) in [5, 5.41) is 0. The van der Waals surface area contributed by atoms with Crippen molar-refractivity contribution >= 4 is 5.91 Å². The van der Waals surface area contributed by atoms with Gasteiger partial charge in [-0.2, -0.15) is 0 Å². The highest BCUT2D eigenvalue weighted by Crippen LogP contribution is 2.27. The molecule has 0 saturated carbocycles. The maximum Gasteiger partial charge on any atom is 0.249 e. The first-order valence-corrected chi connectivity index (χ1v) is 7.30. The quantitative estimate of drug-likeness (QED) is 0.782. The molecule has 1 saturated heterocycles. The fourth-order valence-corrected chi connectivity index (χ4v) is 2.90. The minimum Gasteiger partial charge on any atom is -0.331 e. The van der Waals surface area contributed by atoms with Crippen LogP contribution in [-0.2, 0) is 17.8 Å². The summed E-state index contributed by atoms with van der Waals surface area (Å²) in [6.45, 7) is 4.59. The lowest BCUT2D eigenvalue weighted by Crippen LogP contribution is -2.34. The van der Waals surface area contributed by atoms with Crippen molar-refractivity contribution in [1.82, 2.24) is 4.90 Å². The first kappa shape index (κ1) is 13.6. The molecule has 1 amide bonds. The van der Waals surface area contributed by atoms with Crippen molar-refractivity contribution in [2.75, 3.05) is 0 Å². The van der Waals surface area contributed by atoms with Crippen molar-refractivity contribution in [3.05, 3.63) is 83.9 Å².